The van der Waals surface area contributed by atoms with Crippen molar-refractivity contribution in [1.29, 1.82) is 0 Å². The van der Waals surface area contributed by atoms with Crippen molar-refractivity contribution in [2.45, 2.75) is 25.8 Å². The highest BCUT2D eigenvalue weighted by molar-refractivity contribution is 5.44. The smallest absolute Gasteiger partial charge is 0.227 e. The van der Waals surface area contributed by atoms with E-state index in [0.717, 1.165) is 6.42 Å². The first-order valence-electron chi connectivity index (χ1n) is 4.70. The van der Waals surface area contributed by atoms with Gasteiger partial charge in [-0.1, -0.05) is 5.16 Å². The van der Waals surface area contributed by atoms with Gasteiger partial charge in [0.15, 0.2) is 5.69 Å². The first-order chi connectivity index (χ1) is 7.25. The highest BCUT2D eigenvalue weighted by atomic mass is 16.5. The van der Waals surface area contributed by atoms with Crippen LogP contribution < -0.4 is 5.73 Å². The molecule has 0 saturated carbocycles. The molecule has 0 fully saturated rings. The van der Waals surface area contributed by atoms with E-state index in [1.807, 2.05) is 6.92 Å². The van der Waals surface area contributed by atoms with E-state index in [2.05, 4.69) is 25.6 Å². The lowest BCUT2D eigenvalue weighted by Crippen LogP contribution is -2.15. The van der Waals surface area contributed by atoms with E-state index in [0.29, 0.717) is 23.8 Å². The summed E-state index contributed by atoms with van der Waals surface area (Å²) in [5.74, 6) is 1.02. The van der Waals surface area contributed by atoms with Crippen LogP contribution >= 0.6 is 0 Å². The molecule has 0 radical (unpaired) electrons. The predicted octanol–water partition coefficient (Wildman–Crippen LogP) is 0.134. The molecule has 1 unspecified atom stereocenters. The molecule has 2 heterocycles. The summed E-state index contributed by atoms with van der Waals surface area (Å²) in [6.07, 6.45) is 3.04. The Hall–Kier alpha value is -1.76. The van der Waals surface area contributed by atoms with Gasteiger partial charge in [-0.2, -0.15) is 20.4 Å². The van der Waals surface area contributed by atoms with Crippen LogP contribution in [-0.2, 0) is 6.42 Å². The maximum atomic E-state index is 5.62. The molecule has 2 rings (SSSR count). The Morgan fingerprint density at radius 3 is 3.13 bits per heavy atom. The second kappa shape index (κ2) is 4.18. The third kappa shape index (κ3) is 2.38. The van der Waals surface area contributed by atoms with Gasteiger partial charge >= 0.3 is 0 Å². The fourth-order valence-electron chi connectivity index (χ4n) is 1.12. The number of nitrogens with two attached hydrogens (primary N) is 1. The van der Waals surface area contributed by atoms with Crippen molar-refractivity contribution in [3.63, 3.8) is 0 Å². The third-order valence-corrected chi connectivity index (χ3v) is 1.93. The molecule has 0 aliphatic rings. The maximum absolute atomic E-state index is 5.62. The Bertz CT molecular complexity index is 406. The van der Waals surface area contributed by atoms with Gasteiger partial charge in [-0.25, -0.2) is 0 Å². The minimum atomic E-state index is 0.132. The van der Waals surface area contributed by atoms with Gasteiger partial charge in [0.2, 0.25) is 11.7 Å². The minimum Gasteiger partial charge on any atom is -0.339 e. The molecule has 0 amide bonds. The summed E-state index contributed by atoms with van der Waals surface area (Å²) in [4.78, 5) is 4.17. The van der Waals surface area contributed by atoms with Gasteiger partial charge in [0.05, 0.1) is 6.20 Å². The molecular formula is C8H12N6O. The van der Waals surface area contributed by atoms with Gasteiger partial charge in [-0.15, -0.1) is 0 Å². The number of aromatic nitrogens is 5. The van der Waals surface area contributed by atoms with Crippen LogP contribution in [0.25, 0.3) is 11.5 Å². The molecule has 2 aromatic rings. The first-order valence-corrected chi connectivity index (χ1v) is 4.70. The molecule has 80 valence electrons. The second-order valence-corrected chi connectivity index (χ2v) is 3.38. The molecule has 0 aromatic carbocycles. The van der Waals surface area contributed by atoms with Gasteiger partial charge < -0.3 is 10.3 Å². The highest BCUT2D eigenvalue weighted by Gasteiger charge is 2.10. The second-order valence-electron chi connectivity index (χ2n) is 3.38. The number of aryl methyl sites for hydroxylation is 1. The van der Waals surface area contributed by atoms with Crippen molar-refractivity contribution in [1.82, 2.24) is 25.6 Å². The summed E-state index contributed by atoms with van der Waals surface area (Å²) in [5, 5.41) is 13.8. The van der Waals surface area contributed by atoms with Gasteiger partial charge in [-0.3, -0.25) is 0 Å². The fourth-order valence-corrected chi connectivity index (χ4v) is 1.12. The molecule has 7 heteroatoms. The molecule has 0 aliphatic heterocycles. The topological polar surface area (TPSA) is 107 Å². The average molecular weight is 208 g/mol. The zero-order chi connectivity index (χ0) is 10.7. The number of H-pyrrole nitrogens is 1. The summed E-state index contributed by atoms with van der Waals surface area (Å²) >= 11 is 0. The molecule has 0 bridgehead atoms. The Morgan fingerprint density at radius 1 is 1.60 bits per heavy atom. The zero-order valence-electron chi connectivity index (χ0n) is 8.34. The van der Waals surface area contributed by atoms with Gasteiger partial charge in [0, 0.05) is 12.5 Å². The monoisotopic (exact) mass is 208 g/mol. The third-order valence-electron chi connectivity index (χ3n) is 1.93. The van der Waals surface area contributed by atoms with Gasteiger partial charge in [0.1, 0.15) is 0 Å². The van der Waals surface area contributed by atoms with Crippen molar-refractivity contribution < 1.29 is 4.52 Å². The summed E-state index contributed by atoms with van der Waals surface area (Å²) in [5.41, 5.74) is 6.20. The van der Waals surface area contributed by atoms with E-state index < -0.39 is 0 Å². The van der Waals surface area contributed by atoms with Crippen molar-refractivity contribution in [3.05, 3.63) is 12.1 Å². The van der Waals surface area contributed by atoms with E-state index in [1.54, 1.807) is 6.20 Å². The van der Waals surface area contributed by atoms with E-state index in [4.69, 9.17) is 10.3 Å². The van der Waals surface area contributed by atoms with Crippen LogP contribution in [0, 0.1) is 0 Å². The van der Waals surface area contributed by atoms with Crippen LogP contribution in [0.5, 0.6) is 0 Å². The summed E-state index contributed by atoms with van der Waals surface area (Å²) in [6, 6.07) is 0.132. The van der Waals surface area contributed by atoms with Crippen LogP contribution in [0.1, 0.15) is 19.2 Å². The van der Waals surface area contributed by atoms with Crippen LogP contribution in [0.15, 0.2) is 10.7 Å². The lowest BCUT2D eigenvalue weighted by Gasteiger charge is -1.99. The minimum absolute atomic E-state index is 0.132. The number of hydrogen-bond acceptors (Lipinski definition) is 6. The van der Waals surface area contributed by atoms with Crippen molar-refractivity contribution in [2.75, 3.05) is 0 Å². The molecule has 0 spiro atoms. The molecule has 7 nitrogen and oxygen atoms in total. The first kappa shape index (κ1) is 9.78. The molecule has 0 saturated heterocycles. The number of nitrogens with zero attached hydrogens (tertiary/aromatic N) is 4. The number of aromatic amines is 1. The molecule has 2 aromatic heterocycles. The van der Waals surface area contributed by atoms with E-state index in [-0.39, 0.29) is 6.04 Å². The van der Waals surface area contributed by atoms with Crippen LogP contribution in [0.2, 0.25) is 0 Å². The Balaban J connectivity index is 2.04. The molecular weight excluding hydrogens is 196 g/mol. The van der Waals surface area contributed by atoms with Gasteiger partial charge in [-0.05, 0) is 13.3 Å². The SMILES string of the molecule is CC(N)CCc1nc(-c2cn[nH]n2)no1. The fraction of sp³-hybridized carbons (Fsp3) is 0.500. The summed E-state index contributed by atoms with van der Waals surface area (Å²) in [6.45, 7) is 1.94. The molecule has 15 heavy (non-hydrogen) atoms. The lowest BCUT2D eigenvalue weighted by atomic mass is 10.2. The lowest BCUT2D eigenvalue weighted by molar-refractivity contribution is 0.372. The number of nitrogens with one attached hydrogen (secondary N) is 1. The van der Waals surface area contributed by atoms with Crippen LogP contribution in [0.3, 0.4) is 0 Å². The van der Waals surface area contributed by atoms with Gasteiger partial charge in [0.25, 0.3) is 0 Å². The summed E-state index contributed by atoms with van der Waals surface area (Å²) in [7, 11) is 0. The molecule has 3 N–H and O–H groups in total. The largest absolute Gasteiger partial charge is 0.339 e. The Morgan fingerprint density at radius 2 is 2.47 bits per heavy atom. The standard InChI is InChI=1S/C8H12N6O/c1-5(9)2-3-7-11-8(13-15-7)6-4-10-14-12-6/h4-5H,2-3,9H2,1H3,(H,10,12,14). The summed E-state index contributed by atoms with van der Waals surface area (Å²) < 4.78 is 5.04. The van der Waals surface area contributed by atoms with E-state index in [1.165, 1.54) is 0 Å². The Labute approximate surface area is 86.1 Å². The zero-order valence-corrected chi connectivity index (χ0v) is 8.34. The van der Waals surface area contributed by atoms with Crippen LogP contribution in [-0.4, -0.2) is 31.6 Å². The maximum Gasteiger partial charge on any atom is 0.227 e. The van der Waals surface area contributed by atoms with Crippen molar-refractivity contribution >= 4 is 0 Å². The van der Waals surface area contributed by atoms with Crippen LogP contribution in [0.4, 0.5) is 0 Å². The quantitative estimate of drug-likeness (QED) is 0.739. The number of rotatable bonds is 4. The van der Waals surface area contributed by atoms with E-state index >= 15 is 0 Å². The molecule has 0 aliphatic carbocycles. The van der Waals surface area contributed by atoms with E-state index in [9.17, 15) is 0 Å². The normalized spacial score (nSPS) is 12.9. The molecule has 1 atom stereocenters. The average Bonchev–Trinajstić information content (AvgIpc) is 2.85. The van der Waals surface area contributed by atoms with Crippen molar-refractivity contribution in [2.24, 2.45) is 5.73 Å². The predicted molar refractivity (Wildman–Crippen MR) is 51.6 cm³/mol. The number of hydrogen-bond donors (Lipinski definition) is 2. The Kier molecular flexibility index (Phi) is 2.72. The highest BCUT2D eigenvalue weighted by Crippen LogP contribution is 2.11. The van der Waals surface area contributed by atoms with Crippen molar-refractivity contribution in [3.8, 4) is 11.5 Å².